The standard InChI is InChI=1S/C13H13Br2N3S/c1-8-12(15)13(16-2)18-11(17-8)7-19-10-6-4-3-5-9(10)14/h3-6H,7H2,1-2H3,(H,16,17,18). The Kier molecular flexibility index (Phi) is 5.24. The monoisotopic (exact) mass is 401 g/mol. The quantitative estimate of drug-likeness (QED) is 0.755. The molecular weight excluding hydrogens is 390 g/mol. The van der Waals surface area contributed by atoms with Crippen molar-refractivity contribution in [2.24, 2.45) is 0 Å². The van der Waals surface area contributed by atoms with Gasteiger partial charge in [0.15, 0.2) is 0 Å². The summed E-state index contributed by atoms with van der Waals surface area (Å²) in [5.41, 5.74) is 0.946. The molecule has 1 aromatic carbocycles. The van der Waals surface area contributed by atoms with E-state index in [1.807, 2.05) is 32.2 Å². The van der Waals surface area contributed by atoms with Gasteiger partial charge in [-0.2, -0.15) is 0 Å². The van der Waals surface area contributed by atoms with E-state index in [9.17, 15) is 0 Å². The zero-order chi connectivity index (χ0) is 13.8. The third kappa shape index (κ3) is 3.70. The maximum absolute atomic E-state index is 4.49. The van der Waals surface area contributed by atoms with Crippen LogP contribution in [0.2, 0.25) is 0 Å². The van der Waals surface area contributed by atoms with Crippen LogP contribution in [0, 0.1) is 6.92 Å². The van der Waals surface area contributed by atoms with Crippen LogP contribution in [0.4, 0.5) is 5.82 Å². The molecule has 0 radical (unpaired) electrons. The van der Waals surface area contributed by atoms with Gasteiger partial charge in [0.25, 0.3) is 0 Å². The summed E-state index contributed by atoms with van der Waals surface area (Å²) in [7, 11) is 1.86. The Morgan fingerprint density at radius 1 is 1.21 bits per heavy atom. The molecule has 0 saturated heterocycles. The van der Waals surface area contributed by atoms with Crippen molar-refractivity contribution in [1.29, 1.82) is 0 Å². The maximum atomic E-state index is 4.49. The zero-order valence-corrected chi connectivity index (χ0v) is 14.6. The molecule has 3 nitrogen and oxygen atoms in total. The van der Waals surface area contributed by atoms with Gasteiger partial charge in [-0.3, -0.25) is 0 Å². The van der Waals surface area contributed by atoms with E-state index in [-0.39, 0.29) is 0 Å². The second kappa shape index (κ2) is 6.72. The average Bonchev–Trinajstić information content (AvgIpc) is 2.41. The number of hydrogen-bond acceptors (Lipinski definition) is 4. The molecule has 0 bridgehead atoms. The van der Waals surface area contributed by atoms with Crippen LogP contribution in [0.25, 0.3) is 0 Å². The van der Waals surface area contributed by atoms with Crippen LogP contribution in [-0.4, -0.2) is 17.0 Å². The number of hydrogen-bond donors (Lipinski definition) is 1. The predicted molar refractivity (Wildman–Crippen MR) is 87.7 cm³/mol. The largest absolute Gasteiger partial charge is 0.372 e. The first-order valence-corrected chi connectivity index (χ1v) is 8.27. The molecule has 0 atom stereocenters. The molecule has 0 saturated carbocycles. The Morgan fingerprint density at radius 3 is 2.63 bits per heavy atom. The van der Waals surface area contributed by atoms with Crippen LogP contribution in [0.15, 0.2) is 38.1 Å². The van der Waals surface area contributed by atoms with Gasteiger partial charge in [-0.15, -0.1) is 11.8 Å². The van der Waals surface area contributed by atoms with Crippen LogP contribution in [-0.2, 0) is 5.75 Å². The summed E-state index contributed by atoms with van der Waals surface area (Å²) in [5.74, 6) is 2.40. The second-order valence-electron chi connectivity index (χ2n) is 3.86. The molecule has 1 aromatic heterocycles. The minimum absolute atomic E-state index is 0.741. The smallest absolute Gasteiger partial charge is 0.144 e. The normalized spacial score (nSPS) is 10.5. The molecule has 100 valence electrons. The number of aromatic nitrogens is 2. The maximum Gasteiger partial charge on any atom is 0.144 e. The Hall–Kier alpha value is -0.590. The summed E-state index contributed by atoms with van der Waals surface area (Å²) in [6, 6.07) is 8.15. The van der Waals surface area contributed by atoms with Crippen molar-refractivity contribution in [2.45, 2.75) is 17.6 Å². The van der Waals surface area contributed by atoms with Crippen molar-refractivity contribution >= 4 is 49.4 Å². The first-order valence-electron chi connectivity index (χ1n) is 5.70. The van der Waals surface area contributed by atoms with Crippen LogP contribution in [0.1, 0.15) is 11.5 Å². The molecular formula is C13H13Br2N3S. The van der Waals surface area contributed by atoms with Gasteiger partial charge in [0.2, 0.25) is 0 Å². The van der Waals surface area contributed by atoms with Crippen molar-refractivity contribution in [1.82, 2.24) is 9.97 Å². The summed E-state index contributed by atoms with van der Waals surface area (Å²) < 4.78 is 2.02. The Balaban J connectivity index is 2.16. The third-order valence-corrected chi connectivity index (χ3v) is 5.47. The van der Waals surface area contributed by atoms with Crippen molar-refractivity contribution in [3.05, 3.63) is 44.7 Å². The minimum atomic E-state index is 0.741. The summed E-state index contributed by atoms with van der Waals surface area (Å²) in [6.45, 7) is 1.97. The van der Waals surface area contributed by atoms with E-state index >= 15 is 0 Å². The topological polar surface area (TPSA) is 37.8 Å². The molecule has 2 aromatic rings. The fourth-order valence-electron chi connectivity index (χ4n) is 1.55. The van der Waals surface area contributed by atoms with E-state index in [4.69, 9.17) is 0 Å². The SMILES string of the molecule is CNc1nc(CSc2ccccc2Br)nc(C)c1Br. The molecule has 0 aliphatic heterocycles. The number of thioether (sulfide) groups is 1. The molecule has 1 N–H and O–H groups in total. The van der Waals surface area contributed by atoms with E-state index in [0.29, 0.717) is 0 Å². The van der Waals surface area contributed by atoms with Crippen molar-refractivity contribution in [3.63, 3.8) is 0 Å². The number of benzene rings is 1. The zero-order valence-electron chi connectivity index (χ0n) is 10.6. The van der Waals surface area contributed by atoms with Crippen LogP contribution in [0.3, 0.4) is 0 Å². The van der Waals surface area contributed by atoms with Gasteiger partial charge in [-0.05, 0) is 50.9 Å². The molecule has 0 aliphatic rings. The molecule has 2 rings (SSSR count). The van der Waals surface area contributed by atoms with Crippen LogP contribution >= 0.6 is 43.6 Å². The molecule has 0 spiro atoms. The summed E-state index contributed by atoms with van der Waals surface area (Å²) >= 11 is 8.74. The molecule has 19 heavy (non-hydrogen) atoms. The fourth-order valence-corrected chi connectivity index (χ4v) is 3.35. The van der Waals surface area contributed by atoms with Gasteiger partial charge in [-0.25, -0.2) is 9.97 Å². The van der Waals surface area contributed by atoms with Gasteiger partial charge < -0.3 is 5.32 Å². The highest BCUT2D eigenvalue weighted by molar-refractivity contribution is 9.11. The first-order chi connectivity index (χ1) is 9.11. The number of nitrogens with one attached hydrogen (secondary N) is 1. The van der Waals surface area contributed by atoms with E-state index in [1.54, 1.807) is 11.8 Å². The third-order valence-electron chi connectivity index (χ3n) is 2.49. The minimum Gasteiger partial charge on any atom is -0.372 e. The van der Waals surface area contributed by atoms with E-state index in [0.717, 1.165) is 32.0 Å². The van der Waals surface area contributed by atoms with Crippen molar-refractivity contribution < 1.29 is 0 Å². The van der Waals surface area contributed by atoms with E-state index in [1.165, 1.54) is 4.90 Å². The van der Waals surface area contributed by atoms with E-state index in [2.05, 4.69) is 53.2 Å². The number of halogens is 2. The predicted octanol–water partition coefficient (Wildman–Crippen LogP) is 4.64. The first kappa shape index (κ1) is 14.8. The lowest BCUT2D eigenvalue weighted by atomic mass is 10.4. The lowest BCUT2D eigenvalue weighted by Gasteiger charge is -2.09. The van der Waals surface area contributed by atoms with Gasteiger partial charge in [0, 0.05) is 16.4 Å². The Bertz CT molecular complexity index is 590. The fraction of sp³-hybridized carbons (Fsp3) is 0.231. The van der Waals surface area contributed by atoms with Crippen molar-refractivity contribution in [2.75, 3.05) is 12.4 Å². The highest BCUT2D eigenvalue weighted by Gasteiger charge is 2.09. The molecule has 1 heterocycles. The highest BCUT2D eigenvalue weighted by atomic mass is 79.9. The van der Waals surface area contributed by atoms with Gasteiger partial charge in [-0.1, -0.05) is 12.1 Å². The summed E-state index contributed by atoms with van der Waals surface area (Å²) in [4.78, 5) is 10.2. The van der Waals surface area contributed by atoms with Crippen LogP contribution < -0.4 is 5.32 Å². The number of nitrogens with zero attached hydrogens (tertiary/aromatic N) is 2. The average molecular weight is 403 g/mol. The van der Waals surface area contributed by atoms with Gasteiger partial charge in [0.1, 0.15) is 11.6 Å². The van der Waals surface area contributed by atoms with E-state index < -0.39 is 0 Å². The lowest BCUT2D eigenvalue weighted by molar-refractivity contribution is 0.985. The summed E-state index contributed by atoms with van der Waals surface area (Å²) in [6.07, 6.45) is 0. The highest BCUT2D eigenvalue weighted by Crippen LogP contribution is 2.30. The number of anilines is 1. The molecule has 0 unspecified atom stereocenters. The number of aryl methyl sites for hydroxylation is 1. The Labute approximate surface area is 133 Å². The summed E-state index contributed by atoms with van der Waals surface area (Å²) in [5, 5.41) is 3.07. The molecule has 0 aliphatic carbocycles. The van der Waals surface area contributed by atoms with Crippen molar-refractivity contribution in [3.8, 4) is 0 Å². The van der Waals surface area contributed by atoms with Gasteiger partial charge in [0.05, 0.1) is 15.9 Å². The molecule has 0 fully saturated rings. The van der Waals surface area contributed by atoms with Gasteiger partial charge >= 0.3 is 0 Å². The Morgan fingerprint density at radius 2 is 1.95 bits per heavy atom. The lowest BCUT2D eigenvalue weighted by Crippen LogP contribution is -2.02. The van der Waals surface area contributed by atoms with Crippen LogP contribution in [0.5, 0.6) is 0 Å². The molecule has 0 amide bonds. The molecule has 6 heteroatoms. The number of rotatable bonds is 4. The second-order valence-corrected chi connectivity index (χ2v) is 6.52.